The summed E-state index contributed by atoms with van der Waals surface area (Å²) >= 11 is 1.34. The number of rotatable bonds is 5. The molecule has 1 atom stereocenters. The molecule has 1 amide bonds. The van der Waals surface area contributed by atoms with Crippen molar-refractivity contribution in [3.8, 4) is 0 Å². The largest absolute Gasteiger partial charge is 0.337 e. The maximum absolute atomic E-state index is 13.1. The lowest BCUT2D eigenvalue weighted by molar-refractivity contribution is -0.131. The smallest absolute Gasteiger partial charge is 0.262 e. The van der Waals surface area contributed by atoms with Crippen molar-refractivity contribution in [1.82, 2.24) is 14.5 Å². The fourth-order valence-electron chi connectivity index (χ4n) is 3.68. The molecule has 148 valence electrons. The number of nitrogens with zero attached hydrogens (tertiary/aromatic N) is 3. The molecule has 6 heteroatoms. The average Bonchev–Trinajstić information content (AvgIpc) is 2.75. The summed E-state index contributed by atoms with van der Waals surface area (Å²) in [6.07, 6.45) is 2.55. The summed E-state index contributed by atoms with van der Waals surface area (Å²) < 4.78 is 1.59. The number of fused-ring (bicyclic) bond motifs is 2. The third-order valence-electron chi connectivity index (χ3n) is 5.21. The molecule has 1 aliphatic rings. The number of amides is 1. The van der Waals surface area contributed by atoms with Gasteiger partial charge in [-0.3, -0.25) is 14.2 Å². The van der Waals surface area contributed by atoms with E-state index in [0.29, 0.717) is 35.7 Å². The molecule has 3 aromatic rings. The first-order valence-corrected chi connectivity index (χ1v) is 10.6. The monoisotopic (exact) mass is 405 g/mol. The maximum Gasteiger partial charge on any atom is 0.262 e. The van der Waals surface area contributed by atoms with Gasteiger partial charge in [0.25, 0.3) is 5.56 Å². The van der Waals surface area contributed by atoms with E-state index in [0.717, 1.165) is 6.42 Å². The van der Waals surface area contributed by atoms with Crippen LogP contribution in [0.4, 0.5) is 0 Å². The number of hydrogen-bond acceptors (Lipinski definition) is 4. The molecule has 2 aromatic carbocycles. The lowest BCUT2D eigenvalue weighted by atomic mass is 10.00. The van der Waals surface area contributed by atoms with Gasteiger partial charge >= 0.3 is 0 Å². The third-order valence-corrected chi connectivity index (χ3v) is 6.29. The van der Waals surface area contributed by atoms with Gasteiger partial charge in [-0.15, -0.1) is 6.58 Å². The zero-order chi connectivity index (χ0) is 20.4. The molecule has 0 saturated heterocycles. The summed E-state index contributed by atoms with van der Waals surface area (Å²) in [6.45, 7) is 7.34. The third kappa shape index (κ3) is 3.85. The van der Waals surface area contributed by atoms with Crippen molar-refractivity contribution >= 4 is 28.6 Å². The average molecular weight is 406 g/mol. The Morgan fingerprint density at radius 2 is 1.93 bits per heavy atom. The Hall–Kier alpha value is -2.86. The molecule has 0 radical (unpaired) electrons. The van der Waals surface area contributed by atoms with Crippen molar-refractivity contribution in [3.63, 3.8) is 0 Å². The zero-order valence-electron chi connectivity index (χ0n) is 16.4. The molecule has 1 aromatic heterocycles. The summed E-state index contributed by atoms with van der Waals surface area (Å²) in [5, 5.41) is 0.779. The van der Waals surface area contributed by atoms with Crippen molar-refractivity contribution in [2.45, 2.75) is 36.8 Å². The lowest BCUT2D eigenvalue weighted by Crippen LogP contribution is -2.40. The Bertz CT molecular complexity index is 1140. The summed E-state index contributed by atoms with van der Waals surface area (Å²) in [5.74, 6) is 0.0667. The van der Waals surface area contributed by atoms with Crippen LogP contribution in [0.3, 0.4) is 0 Å². The minimum absolute atomic E-state index is 0.0667. The van der Waals surface area contributed by atoms with Crippen LogP contribution in [0.5, 0.6) is 0 Å². The highest BCUT2D eigenvalue weighted by atomic mass is 32.2. The van der Waals surface area contributed by atoms with Crippen LogP contribution in [-0.4, -0.2) is 32.2 Å². The molecule has 0 N–H and O–H groups in total. The van der Waals surface area contributed by atoms with Crippen LogP contribution in [0.25, 0.3) is 10.9 Å². The minimum Gasteiger partial charge on any atom is -0.337 e. The maximum atomic E-state index is 13.1. The summed E-state index contributed by atoms with van der Waals surface area (Å²) in [4.78, 5) is 32.6. The molecule has 2 heterocycles. The van der Waals surface area contributed by atoms with Crippen LogP contribution in [0.15, 0.2) is 71.1 Å². The van der Waals surface area contributed by atoms with Gasteiger partial charge in [0, 0.05) is 19.6 Å². The lowest BCUT2D eigenvalue weighted by Gasteiger charge is -2.30. The Labute approximate surface area is 174 Å². The molecule has 4 rings (SSSR count). The topological polar surface area (TPSA) is 55.2 Å². The number of benzene rings is 2. The first-order valence-electron chi connectivity index (χ1n) is 9.71. The summed E-state index contributed by atoms with van der Waals surface area (Å²) in [5.41, 5.74) is 3.06. The highest BCUT2D eigenvalue weighted by Crippen LogP contribution is 2.26. The van der Waals surface area contributed by atoms with E-state index in [9.17, 15) is 9.59 Å². The van der Waals surface area contributed by atoms with E-state index in [2.05, 4.69) is 23.7 Å². The molecular formula is C23H23N3O2S. The van der Waals surface area contributed by atoms with Gasteiger partial charge in [-0.05, 0) is 36.6 Å². The quantitative estimate of drug-likeness (QED) is 0.369. The molecule has 1 aliphatic heterocycles. The van der Waals surface area contributed by atoms with E-state index in [1.165, 1.54) is 22.9 Å². The van der Waals surface area contributed by atoms with Crippen LogP contribution in [0.2, 0.25) is 0 Å². The second kappa shape index (κ2) is 8.25. The predicted octanol–water partition coefficient (Wildman–Crippen LogP) is 3.65. The van der Waals surface area contributed by atoms with Gasteiger partial charge < -0.3 is 4.90 Å². The van der Waals surface area contributed by atoms with E-state index in [1.807, 2.05) is 42.2 Å². The number of aromatic nitrogens is 2. The van der Waals surface area contributed by atoms with Crippen molar-refractivity contribution in [1.29, 1.82) is 0 Å². The minimum atomic E-state index is -0.343. The standard InChI is InChI=1S/C23H23N3O2S/c1-3-13-26-22(28)19-10-6-7-11-20(19)24-23(26)29-16(2)21(27)25-14-12-17-8-4-5-9-18(17)15-25/h3-11,16H,1,12-15H2,2H3/t16-/m1/s1. The van der Waals surface area contributed by atoms with Crippen molar-refractivity contribution in [3.05, 3.63) is 82.7 Å². The van der Waals surface area contributed by atoms with E-state index >= 15 is 0 Å². The highest BCUT2D eigenvalue weighted by molar-refractivity contribution is 8.00. The van der Waals surface area contributed by atoms with Crippen LogP contribution < -0.4 is 5.56 Å². The van der Waals surface area contributed by atoms with Crippen molar-refractivity contribution < 1.29 is 4.79 Å². The highest BCUT2D eigenvalue weighted by Gasteiger charge is 2.26. The number of carbonyl (C=O) groups excluding carboxylic acids is 1. The van der Waals surface area contributed by atoms with Crippen LogP contribution in [0, 0.1) is 0 Å². The molecule has 0 aliphatic carbocycles. The number of thioether (sulfide) groups is 1. The molecule has 0 bridgehead atoms. The van der Waals surface area contributed by atoms with E-state index in [-0.39, 0.29) is 16.7 Å². The fraction of sp³-hybridized carbons (Fsp3) is 0.261. The SMILES string of the molecule is C=CCn1c(S[C@H](C)C(=O)N2CCc3ccccc3C2)nc2ccccc2c1=O. The summed E-state index contributed by atoms with van der Waals surface area (Å²) in [6, 6.07) is 15.6. The van der Waals surface area contributed by atoms with Crippen LogP contribution in [-0.2, 0) is 24.3 Å². The van der Waals surface area contributed by atoms with Gasteiger partial charge in [0.1, 0.15) is 0 Å². The van der Waals surface area contributed by atoms with Gasteiger partial charge in [0.15, 0.2) is 5.16 Å². The van der Waals surface area contributed by atoms with Gasteiger partial charge in [0.05, 0.1) is 16.2 Å². The van der Waals surface area contributed by atoms with Gasteiger partial charge in [-0.2, -0.15) is 0 Å². The summed E-state index contributed by atoms with van der Waals surface area (Å²) in [7, 11) is 0. The number of hydrogen-bond donors (Lipinski definition) is 0. The second-order valence-corrected chi connectivity index (χ2v) is 8.46. The van der Waals surface area contributed by atoms with Gasteiger partial charge in [0.2, 0.25) is 5.91 Å². The van der Waals surface area contributed by atoms with E-state index in [1.54, 1.807) is 16.7 Å². The van der Waals surface area contributed by atoms with Crippen molar-refractivity contribution in [2.24, 2.45) is 0 Å². The number of carbonyl (C=O) groups is 1. The zero-order valence-corrected chi connectivity index (χ0v) is 17.2. The van der Waals surface area contributed by atoms with E-state index < -0.39 is 0 Å². The molecule has 0 saturated carbocycles. The van der Waals surface area contributed by atoms with E-state index in [4.69, 9.17) is 0 Å². The van der Waals surface area contributed by atoms with Crippen LogP contribution >= 0.6 is 11.8 Å². The molecule has 5 nitrogen and oxygen atoms in total. The predicted molar refractivity (Wildman–Crippen MR) is 117 cm³/mol. The van der Waals surface area contributed by atoms with Crippen molar-refractivity contribution in [2.75, 3.05) is 6.54 Å². The molecule has 29 heavy (non-hydrogen) atoms. The Morgan fingerprint density at radius 1 is 1.21 bits per heavy atom. The molecule has 0 unspecified atom stereocenters. The Kier molecular flexibility index (Phi) is 5.53. The van der Waals surface area contributed by atoms with Gasteiger partial charge in [-0.25, -0.2) is 4.98 Å². The fourth-order valence-corrected chi connectivity index (χ4v) is 4.68. The second-order valence-electron chi connectivity index (χ2n) is 7.15. The normalized spacial score (nSPS) is 14.4. The van der Waals surface area contributed by atoms with Gasteiger partial charge in [-0.1, -0.05) is 54.2 Å². The molecule has 0 spiro atoms. The molecular weight excluding hydrogens is 382 g/mol. The number of allylic oxidation sites excluding steroid dienone is 1. The Balaban J connectivity index is 1.59. The Morgan fingerprint density at radius 3 is 2.72 bits per heavy atom. The first kappa shape index (κ1) is 19.5. The van der Waals surface area contributed by atoms with Crippen LogP contribution in [0.1, 0.15) is 18.1 Å². The first-order chi connectivity index (χ1) is 14.1. The number of para-hydroxylation sites is 1. The molecule has 0 fully saturated rings.